The molecule has 0 aromatic carbocycles. The van der Waals surface area contributed by atoms with E-state index in [1.54, 1.807) is 0 Å². The molecule has 0 amide bonds. The van der Waals surface area contributed by atoms with Crippen LogP contribution in [0.2, 0.25) is 0 Å². The van der Waals surface area contributed by atoms with Gasteiger partial charge in [-0.15, -0.1) is 0 Å². The van der Waals surface area contributed by atoms with Gasteiger partial charge in [0, 0.05) is 12.8 Å². The summed E-state index contributed by atoms with van der Waals surface area (Å²) >= 11 is 0. The van der Waals surface area contributed by atoms with Gasteiger partial charge in [-0.2, -0.15) is 0 Å². The fourth-order valence-corrected chi connectivity index (χ4v) is 8.96. The Morgan fingerprint density at radius 3 is 1.24 bits per heavy atom. The van der Waals surface area contributed by atoms with Gasteiger partial charge in [-0.05, 0) is 38.5 Å². The van der Waals surface area contributed by atoms with E-state index >= 15 is 0 Å². The number of hydrogen-bond acceptors (Lipinski definition) is 12. The van der Waals surface area contributed by atoms with Gasteiger partial charge in [0.25, 0.3) is 0 Å². The molecule has 13 nitrogen and oxygen atoms in total. The third-order valence-electron chi connectivity index (χ3n) is 12.1. The lowest BCUT2D eigenvalue weighted by Gasteiger charge is -2.41. The number of phosphoric acid groups is 1. The van der Waals surface area contributed by atoms with Crippen LogP contribution in [0.5, 0.6) is 0 Å². The van der Waals surface area contributed by atoms with E-state index in [-0.39, 0.29) is 12.8 Å². The average molecular weight is 921 g/mol. The van der Waals surface area contributed by atoms with Crippen molar-refractivity contribution in [2.75, 3.05) is 13.2 Å². The number of unbranched alkanes of at least 4 members (excludes halogenated alkanes) is 29. The van der Waals surface area contributed by atoms with Gasteiger partial charge in [-0.3, -0.25) is 18.6 Å². The SMILES string of the molecule is CCCCC/C=C/CCCCCCCC(=O)O[C@@H](COC(=O)CCCCCCCCCCCCCCCCCCCCCCCC)COP(=O)(O)OC1C(O)C(O)C(O)[C@H](O)C1O. The second-order valence-electron chi connectivity index (χ2n) is 18.0. The molecular weight excluding hydrogens is 828 g/mol. The van der Waals surface area contributed by atoms with Crippen molar-refractivity contribution in [2.24, 2.45) is 0 Å². The molecule has 1 rings (SSSR count). The highest BCUT2D eigenvalue weighted by Gasteiger charge is 2.51. The Morgan fingerprint density at radius 1 is 0.476 bits per heavy atom. The van der Waals surface area contributed by atoms with E-state index in [0.717, 1.165) is 57.8 Å². The number of hydrogen-bond donors (Lipinski definition) is 6. The van der Waals surface area contributed by atoms with Crippen molar-refractivity contribution in [3.05, 3.63) is 12.2 Å². The van der Waals surface area contributed by atoms with Gasteiger partial charge >= 0.3 is 19.8 Å². The van der Waals surface area contributed by atoms with E-state index in [1.165, 1.54) is 135 Å². The molecule has 0 radical (unpaired) electrons. The Balaban J connectivity index is 2.34. The predicted octanol–water partition coefficient (Wildman–Crippen LogP) is 10.6. The summed E-state index contributed by atoms with van der Waals surface area (Å²) in [6.45, 7) is 3.30. The third kappa shape index (κ3) is 32.0. The summed E-state index contributed by atoms with van der Waals surface area (Å²) in [6.07, 6.45) is 29.9. The molecule has 372 valence electrons. The number of carbonyl (C=O) groups excluding carboxylic acids is 2. The predicted molar refractivity (Wildman–Crippen MR) is 249 cm³/mol. The smallest absolute Gasteiger partial charge is 0.462 e. The summed E-state index contributed by atoms with van der Waals surface area (Å²) in [5.74, 6) is -1.10. The molecule has 0 aliphatic heterocycles. The van der Waals surface area contributed by atoms with Gasteiger partial charge in [0.15, 0.2) is 6.10 Å². The molecule has 0 heterocycles. The van der Waals surface area contributed by atoms with E-state index < -0.39 is 75.7 Å². The maximum Gasteiger partial charge on any atom is 0.472 e. The number of carbonyl (C=O) groups is 2. The molecule has 6 unspecified atom stereocenters. The van der Waals surface area contributed by atoms with E-state index in [1.807, 2.05) is 0 Å². The van der Waals surface area contributed by atoms with E-state index in [9.17, 15) is 44.6 Å². The van der Waals surface area contributed by atoms with Crippen LogP contribution in [-0.2, 0) is 32.7 Å². The minimum Gasteiger partial charge on any atom is -0.462 e. The van der Waals surface area contributed by atoms with Crippen LogP contribution >= 0.6 is 7.82 Å². The zero-order valence-electron chi connectivity index (χ0n) is 39.6. The van der Waals surface area contributed by atoms with Gasteiger partial charge in [0.2, 0.25) is 0 Å². The Hall–Kier alpha value is -1.41. The Kier molecular flexibility index (Phi) is 37.6. The fourth-order valence-electron chi connectivity index (χ4n) is 7.99. The number of phosphoric ester groups is 1. The first kappa shape index (κ1) is 59.6. The molecule has 6 N–H and O–H groups in total. The standard InChI is InChI=1S/C49H93O13P/c1-3-5-7-9-11-13-15-17-18-19-20-21-22-23-24-25-26-28-29-31-33-35-37-42(50)59-39-41(61-43(51)38-36-34-32-30-27-16-14-12-10-8-6-4-2)40-60-63(57,58)62-49-47(55)45(53)44(52)46(54)48(49)56/h12,14,41,44-49,52-56H,3-11,13,15-40H2,1-2H3,(H,57,58)/b14-12+/t41-,44?,45-,46?,47?,48?,49?/m0/s1. The van der Waals surface area contributed by atoms with Crippen molar-refractivity contribution >= 4 is 19.8 Å². The maximum atomic E-state index is 12.8. The Morgan fingerprint density at radius 2 is 0.810 bits per heavy atom. The summed E-state index contributed by atoms with van der Waals surface area (Å²) in [7, 11) is -5.12. The van der Waals surface area contributed by atoms with Gasteiger partial charge in [0.05, 0.1) is 6.61 Å². The maximum absolute atomic E-state index is 12.8. The van der Waals surface area contributed by atoms with Crippen molar-refractivity contribution in [3.8, 4) is 0 Å². The van der Waals surface area contributed by atoms with E-state index in [0.29, 0.717) is 12.8 Å². The highest BCUT2D eigenvalue weighted by Crippen LogP contribution is 2.47. The molecule has 0 aromatic heterocycles. The number of ether oxygens (including phenoxy) is 2. The zero-order valence-corrected chi connectivity index (χ0v) is 40.5. The average Bonchev–Trinajstić information content (AvgIpc) is 3.26. The topological polar surface area (TPSA) is 210 Å². The number of aliphatic hydroxyl groups excluding tert-OH is 5. The van der Waals surface area contributed by atoms with Crippen molar-refractivity contribution in [1.29, 1.82) is 0 Å². The second-order valence-corrected chi connectivity index (χ2v) is 19.4. The van der Waals surface area contributed by atoms with Crippen LogP contribution in [0.15, 0.2) is 12.2 Å². The first-order chi connectivity index (χ1) is 30.4. The lowest BCUT2D eigenvalue weighted by molar-refractivity contribution is -0.220. The molecule has 63 heavy (non-hydrogen) atoms. The van der Waals surface area contributed by atoms with Gasteiger partial charge in [0.1, 0.15) is 43.2 Å². The molecule has 1 saturated carbocycles. The number of esters is 2. The van der Waals surface area contributed by atoms with Crippen LogP contribution in [0.1, 0.15) is 232 Å². The summed E-state index contributed by atoms with van der Waals surface area (Å²) in [5, 5.41) is 50.2. The quantitative estimate of drug-likeness (QED) is 0.0146. The number of aliphatic hydroxyl groups is 5. The summed E-state index contributed by atoms with van der Waals surface area (Å²) in [6, 6.07) is 0. The van der Waals surface area contributed by atoms with Crippen LogP contribution < -0.4 is 0 Å². The van der Waals surface area contributed by atoms with Crippen LogP contribution in [0, 0.1) is 0 Å². The lowest BCUT2D eigenvalue weighted by atomic mass is 9.85. The normalized spacial score (nSPS) is 21.7. The molecule has 14 heteroatoms. The van der Waals surface area contributed by atoms with Gasteiger partial charge in [-0.25, -0.2) is 4.57 Å². The van der Waals surface area contributed by atoms with Crippen molar-refractivity contribution in [2.45, 2.75) is 275 Å². The monoisotopic (exact) mass is 921 g/mol. The summed E-state index contributed by atoms with van der Waals surface area (Å²) in [5.41, 5.74) is 0. The van der Waals surface area contributed by atoms with E-state index in [2.05, 4.69) is 26.0 Å². The first-order valence-corrected chi connectivity index (χ1v) is 27.0. The molecule has 1 fully saturated rings. The van der Waals surface area contributed by atoms with E-state index in [4.69, 9.17) is 18.5 Å². The van der Waals surface area contributed by atoms with Crippen LogP contribution in [0.4, 0.5) is 0 Å². The molecule has 1 aliphatic rings. The molecule has 0 spiro atoms. The summed E-state index contributed by atoms with van der Waals surface area (Å²) in [4.78, 5) is 35.7. The number of rotatable bonds is 43. The Labute approximate surface area is 382 Å². The van der Waals surface area contributed by atoms with Crippen molar-refractivity contribution in [1.82, 2.24) is 0 Å². The van der Waals surface area contributed by atoms with Crippen molar-refractivity contribution in [3.63, 3.8) is 0 Å². The summed E-state index contributed by atoms with van der Waals surface area (Å²) < 4.78 is 33.6. The second kappa shape index (κ2) is 39.7. The molecule has 0 bridgehead atoms. The van der Waals surface area contributed by atoms with Gasteiger partial charge < -0.3 is 39.9 Å². The third-order valence-corrected chi connectivity index (χ3v) is 13.1. The highest BCUT2D eigenvalue weighted by atomic mass is 31.2. The first-order valence-electron chi connectivity index (χ1n) is 25.5. The highest BCUT2D eigenvalue weighted by molar-refractivity contribution is 7.47. The zero-order chi connectivity index (χ0) is 46.4. The Bertz CT molecular complexity index is 1160. The molecule has 8 atom stereocenters. The van der Waals surface area contributed by atoms with Crippen LogP contribution in [0.3, 0.4) is 0 Å². The fraction of sp³-hybridized carbons (Fsp3) is 0.918. The van der Waals surface area contributed by atoms with Crippen LogP contribution in [-0.4, -0.2) is 98.3 Å². The molecule has 1 aliphatic carbocycles. The number of allylic oxidation sites excluding steroid dienone is 2. The molecule has 0 saturated heterocycles. The largest absolute Gasteiger partial charge is 0.472 e. The lowest BCUT2D eigenvalue weighted by Crippen LogP contribution is -2.64. The minimum absolute atomic E-state index is 0.0904. The van der Waals surface area contributed by atoms with Crippen LogP contribution in [0.25, 0.3) is 0 Å². The minimum atomic E-state index is -5.12. The molecular formula is C49H93O13P. The molecule has 0 aromatic rings. The van der Waals surface area contributed by atoms with Crippen molar-refractivity contribution < 1.29 is 63.1 Å². The van der Waals surface area contributed by atoms with Gasteiger partial charge in [-0.1, -0.05) is 193 Å².